The minimum Gasteiger partial charge on any atom is -0.350 e. The molecule has 128 valence electrons. The number of nitrogens with zero attached hydrogens (tertiary/aromatic N) is 2. The maximum absolute atomic E-state index is 13.7. The molecule has 0 fully saturated rings. The van der Waals surface area contributed by atoms with Gasteiger partial charge in [0.2, 0.25) is 5.95 Å². The molecule has 0 bridgehead atoms. The Balaban J connectivity index is 1.78. The minimum absolute atomic E-state index is 0.272. The van der Waals surface area contributed by atoms with Gasteiger partial charge in [0.25, 0.3) is 0 Å². The first kappa shape index (κ1) is 17.5. The van der Waals surface area contributed by atoms with Crippen LogP contribution in [-0.2, 0) is 6.54 Å². The van der Waals surface area contributed by atoms with Crippen LogP contribution in [0, 0.1) is 12.7 Å². The van der Waals surface area contributed by atoms with Gasteiger partial charge < -0.3 is 10.6 Å². The van der Waals surface area contributed by atoms with Crippen molar-refractivity contribution < 1.29 is 4.39 Å². The fourth-order valence-electron chi connectivity index (χ4n) is 2.26. The molecule has 0 saturated heterocycles. The number of halogens is 3. The van der Waals surface area contributed by atoms with Crippen LogP contribution in [0.15, 0.2) is 48.5 Å². The van der Waals surface area contributed by atoms with Crippen LogP contribution in [0.1, 0.15) is 11.3 Å². The summed E-state index contributed by atoms with van der Waals surface area (Å²) in [5.74, 6) is 0.684. The number of hydrogen-bond donors (Lipinski definition) is 2. The molecule has 0 aliphatic carbocycles. The van der Waals surface area contributed by atoms with E-state index in [-0.39, 0.29) is 12.4 Å². The van der Waals surface area contributed by atoms with E-state index in [9.17, 15) is 4.39 Å². The second kappa shape index (κ2) is 7.68. The number of nitrogens with one attached hydrogen (secondary N) is 2. The van der Waals surface area contributed by atoms with Crippen LogP contribution < -0.4 is 10.6 Å². The Morgan fingerprint density at radius 1 is 1.04 bits per heavy atom. The summed E-state index contributed by atoms with van der Waals surface area (Å²) in [4.78, 5) is 8.70. The summed E-state index contributed by atoms with van der Waals surface area (Å²) in [5, 5.41) is 7.25. The number of anilines is 3. The fraction of sp³-hybridized carbons (Fsp3) is 0.111. The quantitative estimate of drug-likeness (QED) is 0.609. The summed E-state index contributed by atoms with van der Waals surface area (Å²) in [6, 6.07) is 13.5. The van der Waals surface area contributed by atoms with Gasteiger partial charge in [-0.3, -0.25) is 0 Å². The van der Waals surface area contributed by atoms with E-state index in [0.29, 0.717) is 33.1 Å². The topological polar surface area (TPSA) is 49.8 Å². The van der Waals surface area contributed by atoms with Gasteiger partial charge in [0.15, 0.2) is 0 Å². The molecular formula is C18H15Cl2FN4. The minimum atomic E-state index is -0.272. The van der Waals surface area contributed by atoms with Crippen molar-refractivity contribution in [2.75, 3.05) is 10.6 Å². The van der Waals surface area contributed by atoms with Gasteiger partial charge in [-0.05, 0) is 31.2 Å². The van der Waals surface area contributed by atoms with Gasteiger partial charge in [0.1, 0.15) is 11.6 Å². The van der Waals surface area contributed by atoms with Gasteiger partial charge >= 0.3 is 0 Å². The van der Waals surface area contributed by atoms with Gasteiger partial charge in [-0.1, -0.05) is 41.4 Å². The third-order valence-corrected chi connectivity index (χ3v) is 4.00. The van der Waals surface area contributed by atoms with Crippen molar-refractivity contribution in [3.8, 4) is 0 Å². The molecule has 0 aliphatic rings. The van der Waals surface area contributed by atoms with Crippen LogP contribution in [-0.4, -0.2) is 9.97 Å². The average molecular weight is 377 g/mol. The normalized spacial score (nSPS) is 10.6. The number of aromatic nitrogens is 2. The molecule has 0 aliphatic heterocycles. The van der Waals surface area contributed by atoms with Crippen LogP contribution in [0.4, 0.5) is 21.8 Å². The molecule has 3 rings (SSSR count). The van der Waals surface area contributed by atoms with E-state index < -0.39 is 0 Å². The molecule has 0 spiro atoms. The van der Waals surface area contributed by atoms with Crippen molar-refractivity contribution in [2.45, 2.75) is 13.5 Å². The third-order valence-electron chi connectivity index (χ3n) is 3.44. The van der Waals surface area contributed by atoms with E-state index in [1.165, 1.54) is 6.07 Å². The first-order valence-corrected chi connectivity index (χ1v) is 8.32. The maximum atomic E-state index is 13.7. The summed E-state index contributed by atoms with van der Waals surface area (Å²) >= 11 is 12.2. The summed E-state index contributed by atoms with van der Waals surface area (Å²) in [6.07, 6.45) is 0. The van der Waals surface area contributed by atoms with Gasteiger partial charge in [0.05, 0.1) is 10.7 Å². The lowest BCUT2D eigenvalue weighted by Gasteiger charge is -2.11. The highest BCUT2D eigenvalue weighted by atomic mass is 35.5. The second-order valence-electron chi connectivity index (χ2n) is 5.41. The Morgan fingerprint density at radius 2 is 1.84 bits per heavy atom. The number of benzene rings is 2. The zero-order chi connectivity index (χ0) is 17.8. The van der Waals surface area contributed by atoms with E-state index in [4.69, 9.17) is 23.2 Å². The summed E-state index contributed by atoms with van der Waals surface area (Å²) in [5.41, 5.74) is 1.94. The summed E-state index contributed by atoms with van der Waals surface area (Å²) < 4.78 is 13.7. The lowest BCUT2D eigenvalue weighted by atomic mass is 10.2. The van der Waals surface area contributed by atoms with Gasteiger partial charge in [0, 0.05) is 28.9 Å². The Bertz CT molecular complexity index is 902. The fourth-order valence-corrected chi connectivity index (χ4v) is 2.60. The van der Waals surface area contributed by atoms with Crippen LogP contribution in [0.25, 0.3) is 0 Å². The molecule has 1 heterocycles. The summed E-state index contributed by atoms with van der Waals surface area (Å²) in [7, 11) is 0. The Labute approximate surface area is 155 Å². The zero-order valence-corrected chi connectivity index (χ0v) is 14.9. The predicted molar refractivity (Wildman–Crippen MR) is 100 cm³/mol. The van der Waals surface area contributed by atoms with Gasteiger partial charge in [-0.25, -0.2) is 9.37 Å². The molecule has 0 radical (unpaired) electrons. The van der Waals surface area contributed by atoms with E-state index in [1.54, 1.807) is 42.5 Å². The highest BCUT2D eigenvalue weighted by Gasteiger charge is 2.07. The second-order valence-corrected chi connectivity index (χ2v) is 6.26. The van der Waals surface area contributed by atoms with E-state index >= 15 is 0 Å². The molecular weight excluding hydrogens is 362 g/mol. The Kier molecular flexibility index (Phi) is 5.36. The van der Waals surface area contributed by atoms with Crippen molar-refractivity contribution in [1.82, 2.24) is 9.97 Å². The van der Waals surface area contributed by atoms with Crippen LogP contribution in [0.5, 0.6) is 0 Å². The van der Waals surface area contributed by atoms with E-state index in [0.717, 1.165) is 5.69 Å². The first-order valence-electron chi connectivity index (χ1n) is 7.56. The lowest BCUT2D eigenvalue weighted by molar-refractivity contribution is 0.612. The Morgan fingerprint density at radius 3 is 2.64 bits per heavy atom. The molecule has 7 heteroatoms. The first-order chi connectivity index (χ1) is 12.0. The largest absolute Gasteiger partial charge is 0.350 e. The number of aryl methyl sites for hydroxylation is 1. The van der Waals surface area contributed by atoms with Crippen LogP contribution in [0.3, 0.4) is 0 Å². The standard InChI is InChI=1S/C18H15Cl2FN4/c1-11-8-17(24-16-9-13(19)6-7-14(16)20)25-18(23-11)22-10-12-4-2-3-5-15(12)21/h2-9H,10H2,1H3,(H2,22,23,24,25). The SMILES string of the molecule is Cc1cc(Nc2cc(Cl)ccc2Cl)nc(NCc2ccccc2F)n1. The van der Waals surface area contributed by atoms with Crippen molar-refractivity contribution in [3.05, 3.63) is 75.7 Å². The molecule has 0 unspecified atom stereocenters. The van der Waals surface area contributed by atoms with Crippen molar-refractivity contribution in [1.29, 1.82) is 0 Å². The molecule has 2 N–H and O–H groups in total. The summed E-state index contributed by atoms with van der Waals surface area (Å²) in [6.45, 7) is 2.13. The number of rotatable bonds is 5. The smallest absolute Gasteiger partial charge is 0.225 e. The molecule has 4 nitrogen and oxygen atoms in total. The van der Waals surface area contributed by atoms with Crippen molar-refractivity contribution in [2.24, 2.45) is 0 Å². The van der Waals surface area contributed by atoms with E-state index in [2.05, 4.69) is 20.6 Å². The van der Waals surface area contributed by atoms with Gasteiger partial charge in [-0.2, -0.15) is 4.98 Å². The average Bonchev–Trinajstić information content (AvgIpc) is 2.57. The number of hydrogen-bond acceptors (Lipinski definition) is 4. The van der Waals surface area contributed by atoms with E-state index in [1.807, 2.05) is 6.92 Å². The van der Waals surface area contributed by atoms with Gasteiger partial charge in [-0.15, -0.1) is 0 Å². The van der Waals surface area contributed by atoms with Crippen molar-refractivity contribution in [3.63, 3.8) is 0 Å². The zero-order valence-electron chi connectivity index (χ0n) is 13.4. The highest BCUT2D eigenvalue weighted by Crippen LogP contribution is 2.28. The maximum Gasteiger partial charge on any atom is 0.225 e. The molecule has 0 amide bonds. The monoisotopic (exact) mass is 376 g/mol. The molecule has 0 atom stereocenters. The molecule has 25 heavy (non-hydrogen) atoms. The van der Waals surface area contributed by atoms with Crippen LogP contribution >= 0.6 is 23.2 Å². The predicted octanol–water partition coefficient (Wildman–Crippen LogP) is 5.59. The molecule has 2 aromatic carbocycles. The molecule has 0 saturated carbocycles. The molecule has 1 aromatic heterocycles. The lowest BCUT2D eigenvalue weighted by Crippen LogP contribution is -2.07. The Hall–Kier alpha value is -2.37. The van der Waals surface area contributed by atoms with Crippen LogP contribution in [0.2, 0.25) is 10.0 Å². The van der Waals surface area contributed by atoms with Crippen molar-refractivity contribution >= 4 is 40.7 Å². The third kappa shape index (κ3) is 4.59. The highest BCUT2D eigenvalue weighted by molar-refractivity contribution is 6.35. The molecule has 3 aromatic rings.